The molecule has 0 aromatic heterocycles. The summed E-state index contributed by atoms with van der Waals surface area (Å²) in [6.07, 6.45) is 0.162. The smallest absolute Gasteiger partial charge is 0.466 e. The summed E-state index contributed by atoms with van der Waals surface area (Å²) in [6, 6.07) is 6.76. The lowest BCUT2D eigenvalue weighted by atomic mass is 9.66. The quantitative estimate of drug-likeness (QED) is 0.667. The Morgan fingerprint density at radius 2 is 1.70 bits per heavy atom. The zero-order valence-corrected chi connectivity index (χ0v) is 14.5. The highest BCUT2D eigenvalue weighted by molar-refractivity contribution is 6.48. The maximum atomic E-state index is 12.0. The predicted molar refractivity (Wildman–Crippen MR) is 88.2 cm³/mol. The molecule has 0 spiro atoms. The minimum absolute atomic E-state index is 0.162. The van der Waals surface area contributed by atoms with E-state index in [4.69, 9.17) is 14.0 Å². The highest BCUT2D eigenvalue weighted by Crippen LogP contribution is 2.42. The van der Waals surface area contributed by atoms with Crippen molar-refractivity contribution in [2.24, 2.45) is 0 Å². The van der Waals surface area contributed by atoms with Crippen molar-refractivity contribution in [2.75, 3.05) is 6.61 Å². The number of esters is 1. The largest absolute Gasteiger partial charge is 0.508 e. The SMILES string of the molecule is CCOC(=O)C[C@H](B1OC(C)(C)C(C)(C)O1)c1ccc(O)cc1. The first-order chi connectivity index (χ1) is 10.7. The van der Waals surface area contributed by atoms with Crippen LogP contribution in [-0.4, -0.2) is 36.0 Å². The van der Waals surface area contributed by atoms with Gasteiger partial charge in [0.15, 0.2) is 0 Å². The lowest BCUT2D eigenvalue weighted by molar-refractivity contribution is -0.143. The van der Waals surface area contributed by atoms with E-state index in [2.05, 4.69) is 0 Å². The van der Waals surface area contributed by atoms with Crippen molar-refractivity contribution in [2.45, 2.75) is 58.1 Å². The Morgan fingerprint density at radius 1 is 1.17 bits per heavy atom. The Morgan fingerprint density at radius 3 is 2.17 bits per heavy atom. The lowest BCUT2D eigenvalue weighted by Gasteiger charge is -2.32. The molecule has 1 N–H and O–H groups in total. The Bertz CT molecular complexity index is 537. The average molecular weight is 320 g/mol. The fourth-order valence-electron chi connectivity index (χ4n) is 2.55. The number of aromatic hydroxyl groups is 1. The maximum absolute atomic E-state index is 12.0. The summed E-state index contributed by atoms with van der Waals surface area (Å²) in [5.74, 6) is -0.409. The minimum Gasteiger partial charge on any atom is -0.508 e. The van der Waals surface area contributed by atoms with Gasteiger partial charge in [0.05, 0.1) is 24.2 Å². The zero-order valence-electron chi connectivity index (χ0n) is 14.5. The van der Waals surface area contributed by atoms with Gasteiger partial charge in [0.2, 0.25) is 0 Å². The van der Waals surface area contributed by atoms with Gasteiger partial charge in [0.1, 0.15) is 5.75 Å². The van der Waals surface area contributed by atoms with Gasteiger partial charge in [-0.25, -0.2) is 0 Å². The molecule has 23 heavy (non-hydrogen) atoms. The van der Waals surface area contributed by atoms with E-state index in [1.807, 2.05) is 27.7 Å². The molecule has 1 aliphatic rings. The van der Waals surface area contributed by atoms with Crippen molar-refractivity contribution < 1.29 is 23.9 Å². The number of phenols is 1. The second-order valence-corrected chi connectivity index (χ2v) is 6.83. The van der Waals surface area contributed by atoms with Gasteiger partial charge in [-0.3, -0.25) is 4.79 Å². The fourth-order valence-corrected chi connectivity index (χ4v) is 2.55. The number of hydrogen-bond donors (Lipinski definition) is 1. The van der Waals surface area contributed by atoms with Crippen molar-refractivity contribution in [3.63, 3.8) is 0 Å². The van der Waals surface area contributed by atoms with E-state index in [-0.39, 0.29) is 24.0 Å². The first kappa shape index (κ1) is 17.8. The zero-order chi connectivity index (χ0) is 17.3. The third-order valence-electron chi connectivity index (χ3n) is 4.61. The molecule has 0 unspecified atom stereocenters. The predicted octanol–water partition coefficient (Wildman–Crippen LogP) is 3.06. The molecule has 1 aromatic rings. The lowest BCUT2D eigenvalue weighted by Crippen LogP contribution is -2.41. The highest BCUT2D eigenvalue weighted by atomic mass is 16.7. The number of carbonyl (C=O) groups is 1. The highest BCUT2D eigenvalue weighted by Gasteiger charge is 2.54. The molecule has 1 aromatic carbocycles. The second kappa shape index (κ2) is 6.53. The number of carbonyl (C=O) groups excluding carboxylic acids is 1. The molecule has 126 valence electrons. The molecule has 0 radical (unpaired) electrons. The summed E-state index contributed by atoms with van der Waals surface area (Å²) in [4.78, 5) is 12.0. The van der Waals surface area contributed by atoms with E-state index in [1.165, 1.54) is 0 Å². The van der Waals surface area contributed by atoms with E-state index in [0.29, 0.717) is 6.61 Å². The van der Waals surface area contributed by atoms with Gasteiger partial charge >= 0.3 is 13.1 Å². The molecule has 1 fully saturated rings. The Kier molecular flexibility index (Phi) is 5.06. The van der Waals surface area contributed by atoms with Crippen molar-refractivity contribution >= 4 is 13.1 Å². The van der Waals surface area contributed by atoms with Crippen molar-refractivity contribution in [3.8, 4) is 5.75 Å². The molecule has 1 heterocycles. The van der Waals surface area contributed by atoms with Crippen LogP contribution in [0.1, 0.15) is 52.4 Å². The van der Waals surface area contributed by atoms with Crippen LogP contribution < -0.4 is 0 Å². The summed E-state index contributed by atoms with van der Waals surface area (Å²) in [5.41, 5.74) is -0.0717. The molecule has 2 rings (SSSR count). The molecule has 0 bridgehead atoms. The molecule has 0 aliphatic carbocycles. The van der Waals surface area contributed by atoms with Crippen LogP contribution in [-0.2, 0) is 18.8 Å². The summed E-state index contributed by atoms with van der Waals surface area (Å²) in [7, 11) is -0.547. The van der Waals surface area contributed by atoms with Crippen LogP contribution in [0.3, 0.4) is 0 Å². The molecular weight excluding hydrogens is 295 g/mol. The Balaban J connectivity index is 2.27. The van der Waals surface area contributed by atoms with Crippen LogP contribution in [0.15, 0.2) is 24.3 Å². The van der Waals surface area contributed by atoms with E-state index in [9.17, 15) is 9.90 Å². The molecule has 0 amide bonds. The molecule has 1 saturated heterocycles. The number of rotatable bonds is 5. The van der Waals surface area contributed by atoms with Crippen LogP contribution in [0, 0.1) is 0 Å². The first-order valence-electron chi connectivity index (χ1n) is 7.96. The summed E-state index contributed by atoms with van der Waals surface area (Å²) in [5, 5.41) is 9.48. The third kappa shape index (κ3) is 3.87. The van der Waals surface area contributed by atoms with E-state index in [1.54, 1.807) is 31.2 Å². The topological polar surface area (TPSA) is 65.0 Å². The van der Waals surface area contributed by atoms with Crippen LogP contribution in [0.5, 0.6) is 5.75 Å². The number of hydrogen-bond acceptors (Lipinski definition) is 5. The van der Waals surface area contributed by atoms with Crippen molar-refractivity contribution in [1.82, 2.24) is 0 Å². The first-order valence-corrected chi connectivity index (χ1v) is 7.96. The van der Waals surface area contributed by atoms with E-state index < -0.39 is 18.3 Å². The maximum Gasteiger partial charge on any atom is 0.466 e. The van der Waals surface area contributed by atoms with Gasteiger partial charge in [-0.2, -0.15) is 0 Å². The molecule has 5 nitrogen and oxygen atoms in total. The summed E-state index contributed by atoms with van der Waals surface area (Å²) >= 11 is 0. The fraction of sp³-hybridized carbons (Fsp3) is 0.588. The van der Waals surface area contributed by atoms with Crippen molar-refractivity contribution in [3.05, 3.63) is 29.8 Å². The van der Waals surface area contributed by atoms with Crippen LogP contribution in [0.2, 0.25) is 0 Å². The number of phenolic OH excluding ortho intramolecular Hbond substituents is 1. The normalized spacial score (nSPS) is 20.3. The third-order valence-corrected chi connectivity index (χ3v) is 4.61. The van der Waals surface area contributed by atoms with Gasteiger partial charge in [-0.05, 0) is 52.3 Å². The molecule has 1 atom stereocenters. The molecule has 6 heteroatoms. The monoisotopic (exact) mass is 320 g/mol. The van der Waals surface area contributed by atoms with Gasteiger partial charge in [-0.1, -0.05) is 12.1 Å². The Labute approximate surface area is 138 Å². The number of ether oxygens (including phenoxy) is 1. The standard InChI is InChI=1S/C17H25BO5/c1-6-21-15(20)11-14(12-7-9-13(19)10-8-12)18-22-16(2,3)17(4,5)23-18/h7-10,14,19H,6,11H2,1-5H3/t14-/m0/s1. The van der Waals surface area contributed by atoms with Gasteiger partial charge in [0, 0.05) is 5.82 Å². The van der Waals surface area contributed by atoms with Crippen LogP contribution >= 0.6 is 0 Å². The average Bonchev–Trinajstić information content (AvgIpc) is 2.66. The summed E-state index contributed by atoms with van der Waals surface area (Å²) < 4.78 is 17.3. The van der Waals surface area contributed by atoms with Gasteiger partial charge in [-0.15, -0.1) is 0 Å². The van der Waals surface area contributed by atoms with Gasteiger partial charge in [0.25, 0.3) is 0 Å². The Hall–Kier alpha value is -1.53. The second-order valence-electron chi connectivity index (χ2n) is 6.83. The van der Waals surface area contributed by atoms with Gasteiger partial charge < -0.3 is 19.2 Å². The van der Waals surface area contributed by atoms with E-state index >= 15 is 0 Å². The van der Waals surface area contributed by atoms with Crippen molar-refractivity contribution in [1.29, 1.82) is 0 Å². The minimum atomic E-state index is -0.547. The number of benzene rings is 1. The summed E-state index contributed by atoms with van der Waals surface area (Å²) in [6.45, 7) is 10.0. The van der Waals surface area contributed by atoms with E-state index in [0.717, 1.165) is 5.56 Å². The molecular formula is C17H25BO5. The molecule has 0 saturated carbocycles. The van der Waals surface area contributed by atoms with Crippen LogP contribution in [0.4, 0.5) is 0 Å². The molecule has 1 aliphatic heterocycles. The van der Waals surface area contributed by atoms with Crippen LogP contribution in [0.25, 0.3) is 0 Å².